The second-order valence-electron chi connectivity index (χ2n) is 7.41. The zero-order chi connectivity index (χ0) is 22.9. The molecule has 2 aromatic heterocycles. The molecule has 0 spiro atoms. The van der Waals surface area contributed by atoms with E-state index in [-0.39, 0.29) is 0 Å². The van der Waals surface area contributed by atoms with Crippen LogP contribution in [-0.4, -0.2) is 29.0 Å². The standard InChI is InChI=1S/C15H12Se.C8H5BrSe.C6H7N/c1-2-6-12(7-3-1)10-13-11-16-15-9-5-4-8-14(13)15;9-7-5-10-8-4-2-1-3-6(7)8;7-6-4-2-1-3-5-6/h1-9,11H,10H2;1-5H;1-5H,7H2. The first-order valence-electron chi connectivity index (χ1n) is 10.6. The second kappa shape index (κ2) is 12.2. The summed E-state index contributed by atoms with van der Waals surface area (Å²) >= 11 is 4.62. The molecule has 0 saturated heterocycles. The maximum absolute atomic E-state index is 5.36. The van der Waals surface area contributed by atoms with Gasteiger partial charge in [-0.15, -0.1) is 0 Å². The van der Waals surface area contributed by atoms with Gasteiger partial charge in [0.05, 0.1) is 0 Å². The fourth-order valence-corrected chi connectivity index (χ4v) is 8.25. The van der Waals surface area contributed by atoms with Crippen LogP contribution in [0.1, 0.15) is 11.1 Å². The summed E-state index contributed by atoms with van der Waals surface area (Å²) in [6.07, 6.45) is 1.07. The van der Waals surface area contributed by atoms with E-state index in [1.165, 1.54) is 34.9 Å². The van der Waals surface area contributed by atoms with E-state index in [4.69, 9.17) is 5.73 Å². The zero-order valence-electron chi connectivity index (χ0n) is 18.0. The minimum absolute atomic E-state index is 0.542. The number of fused-ring (bicyclic) bond motifs is 2. The Hall–Kier alpha value is -2.32. The molecule has 4 aromatic carbocycles. The van der Waals surface area contributed by atoms with Gasteiger partial charge in [0.15, 0.2) is 0 Å². The van der Waals surface area contributed by atoms with Gasteiger partial charge in [-0.3, -0.25) is 0 Å². The summed E-state index contributed by atoms with van der Waals surface area (Å²) in [5.41, 5.74) is 9.09. The van der Waals surface area contributed by atoms with Gasteiger partial charge in [-0.2, -0.15) is 0 Å². The van der Waals surface area contributed by atoms with Crippen LogP contribution in [0.2, 0.25) is 0 Å². The summed E-state index contributed by atoms with van der Waals surface area (Å²) in [6.45, 7) is 0. The molecule has 0 unspecified atom stereocenters. The van der Waals surface area contributed by atoms with E-state index in [0.29, 0.717) is 29.0 Å². The van der Waals surface area contributed by atoms with Gasteiger partial charge in [-0.05, 0) is 12.1 Å². The number of hydrogen-bond donors (Lipinski definition) is 1. The van der Waals surface area contributed by atoms with E-state index < -0.39 is 0 Å². The average Bonchev–Trinajstić information content (AvgIpc) is 3.45. The summed E-state index contributed by atoms with van der Waals surface area (Å²) in [7, 11) is 0. The molecule has 1 nitrogen and oxygen atoms in total. The molecule has 4 heteroatoms. The summed E-state index contributed by atoms with van der Waals surface area (Å²) in [4.78, 5) is 4.68. The molecule has 0 aliphatic carbocycles. The molecule has 0 aliphatic heterocycles. The van der Waals surface area contributed by atoms with E-state index in [1.807, 2.05) is 30.3 Å². The number of anilines is 1. The second-order valence-corrected chi connectivity index (χ2v) is 12.1. The number of nitrogens with two attached hydrogens (primary N) is 1. The SMILES string of the molecule is Brc1c[se]c2ccccc12.Nc1ccccc1.c1ccc(Cc2c[se]c3ccccc23)cc1. The normalized spacial score (nSPS) is 10.2. The van der Waals surface area contributed by atoms with Crippen molar-refractivity contribution in [1.82, 2.24) is 0 Å². The van der Waals surface area contributed by atoms with Crippen LogP contribution < -0.4 is 5.73 Å². The molecule has 0 bridgehead atoms. The van der Waals surface area contributed by atoms with Gasteiger partial charge < -0.3 is 5.73 Å². The van der Waals surface area contributed by atoms with Crippen molar-refractivity contribution in [2.75, 3.05) is 5.73 Å². The Kier molecular flexibility index (Phi) is 8.83. The van der Waals surface area contributed by atoms with Crippen molar-refractivity contribution in [2.24, 2.45) is 0 Å². The van der Waals surface area contributed by atoms with Gasteiger partial charge in [0.2, 0.25) is 0 Å². The molecule has 2 heterocycles. The van der Waals surface area contributed by atoms with Crippen molar-refractivity contribution in [1.29, 1.82) is 0 Å². The quantitative estimate of drug-likeness (QED) is 0.158. The van der Waals surface area contributed by atoms with Crippen LogP contribution in [-0.2, 0) is 6.42 Å². The summed E-state index contributed by atoms with van der Waals surface area (Å²) in [5.74, 6) is 0. The molecule has 0 amide bonds. The Labute approximate surface area is 215 Å². The fraction of sp³-hybridized carbons (Fsp3) is 0.0345. The zero-order valence-corrected chi connectivity index (χ0v) is 23.0. The molecule has 2 N–H and O–H groups in total. The number of hydrogen-bond acceptors (Lipinski definition) is 1. The Balaban J connectivity index is 0.000000130. The Morgan fingerprint density at radius 3 is 1.70 bits per heavy atom. The minimum atomic E-state index is 0.542. The molecule has 0 radical (unpaired) electrons. The molecule has 164 valence electrons. The number of benzene rings is 4. The third kappa shape index (κ3) is 6.83. The van der Waals surface area contributed by atoms with Gasteiger partial charge in [-0.1, -0.05) is 18.2 Å². The molecular formula is C29H24BrNSe2. The number of nitrogen functional groups attached to an aromatic ring is 1. The molecule has 0 atom stereocenters. The van der Waals surface area contributed by atoms with Crippen LogP contribution in [0.25, 0.3) is 19.3 Å². The van der Waals surface area contributed by atoms with E-state index in [1.54, 1.807) is 0 Å². The van der Waals surface area contributed by atoms with Crippen molar-refractivity contribution in [2.45, 2.75) is 6.42 Å². The number of halogens is 1. The first kappa shape index (κ1) is 23.8. The Morgan fingerprint density at radius 1 is 0.576 bits per heavy atom. The fourth-order valence-electron chi connectivity index (χ4n) is 3.38. The van der Waals surface area contributed by atoms with Gasteiger partial charge in [-0.25, -0.2) is 0 Å². The molecule has 6 rings (SSSR count). The van der Waals surface area contributed by atoms with Crippen LogP contribution in [0.3, 0.4) is 0 Å². The third-order valence-electron chi connectivity index (χ3n) is 5.03. The van der Waals surface area contributed by atoms with E-state index in [9.17, 15) is 0 Å². The van der Waals surface area contributed by atoms with Gasteiger partial charge >= 0.3 is 175 Å². The number of para-hydroxylation sites is 1. The predicted octanol–water partition coefficient (Wildman–Crippen LogP) is 7.42. The summed E-state index contributed by atoms with van der Waals surface area (Å²) in [6, 6.07) is 37.5. The first-order valence-corrected chi connectivity index (χ1v) is 15.1. The van der Waals surface area contributed by atoms with E-state index in [2.05, 4.69) is 105 Å². The predicted molar refractivity (Wildman–Crippen MR) is 150 cm³/mol. The van der Waals surface area contributed by atoms with E-state index >= 15 is 0 Å². The molecule has 33 heavy (non-hydrogen) atoms. The molecule has 0 aliphatic rings. The van der Waals surface area contributed by atoms with Crippen molar-refractivity contribution < 1.29 is 0 Å². The Morgan fingerprint density at radius 2 is 1.09 bits per heavy atom. The average molecular weight is 624 g/mol. The number of rotatable bonds is 2. The Bertz CT molecular complexity index is 1410. The molecule has 0 fully saturated rings. The molecule has 0 saturated carbocycles. The van der Waals surface area contributed by atoms with Gasteiger partial charge in [0.1, 0.15) is 0 Å². The molecular weight excluding hydrogens is 600 g/mol. The van der Waals surface area contributed by atoms with Crippen LogP contribution in [0.15, 0.2) is 124 Å². The van der Waals surface area contributed by atoms with Crippen molar-refractivity contribution in [3.8, 4) is 0 Å². The maximum atomic E-state index is 5.36. The van der Waals surface area contributed by atoms with Crippen molar-refractivity contribution >= 4 is 69.9 Å². The van der Waals surface area contributed by atoms with Gasteiger partial charge in [0.25, 0.3) is 0 Å². The van der Waals surface area contributed by atoms with Crippen molar-refractivity contribution in [3.05, 3.63) is 135 Å². The summed E-state index contributed by atoms with van der Waals surface area (Å²) in [5, 5.41) is 2.84. The topological polar surface area (TPSA) is 26.0 Å². The van der Waals surface area contributed by atoms with Gasteiger partial charge in [0, 0.05) is 5.69 Å². The first-order chi connectivity index (χ1) is 16.2. The van der Waals surface area contributed by atoms with Crippen LogP contribution >= 0.6 is 15.9 Å². The van der Waals surface area contributed by atoms with Crippen LogP contribution in [0, 0.1) is 0 Å². The van der Waals surface area contributed by atoms with E-state index in [0.717, 1.165) is 12.1 Å². The summed E-state index contributed by atoms with van der Waals surface area (Å²) < 4.78 is 4.28. The van der Waals surface area contributed by atoms with Crippen molar-refractivity contribution in [3.63, 3.8) is 0 Å². The van der Waals surface area contributed by atoms with Crippen LogP contribution in [0.4, 0.5) is 5.69 Å². The molecule has 6 aromatic rings. The monoisotopic (exact) mass is 625 g/mol. The third-order valence-corrected chi connectivity index (χ3v) is 10.5. The van der Waals surface area contributed by atoms with Crippen LogP contribution in [0.5, 0.6) is 0 Å².